The van der Waals surface area contributed by atoms with Crippen molar-refractivity contribution in [3.8, 4) is 0 Å². The van der Waals surface area contributed by atoms with Crippen molar-refractivity contribution in [1.29, 1.82) is 0 Å². The first-order valence-corrected chi connectivity index (χ1v) is 24.8. The second-order valence-electron chi connectivity index (χ2n) is 10.8. The van der Waals surface area contributed by atoms with Crippen molar-refractivity contribution < 1.29 is 17.4 Å². The van der Waals surface area contributed by atoms with Gasteiger partial charge in [-0.1, -0.05) is 0 Å². The maximum absolute atomic E-state index is 3.33. The van der Waals surface area contributed by atoms with E-state index in [-0.39, 0.29) is 0 Å². The minimum atomic E-state index is -3.33. The van der Waals surface area contributed by atoms with Gasteiger partial charge in [-0.05, 0) is 0 Å². The SMILES string of the molecule is CC1=C(C)C(C)[C]([Zr]([CH3])([CH3])(=[SiH2])[CH]2C=C(c3cccc(C)c3C)c3ccccc32)=C1C. The average molecular weight is 492 g/mol. The maximum atomic E-state index is 2.70. The molecule has 2 aliphatic carbocycles. The first-order chi connectivity index (χ1) is 13.9. The van der Waals surface area contributed by atoms with Gasteiger partial charge in [-0.3, -0.25) is 0 Å². The van der Waals surface area contributed by atoms with Crippen LogP contribution in [-0.2, 0) is 17.4 Å². The summed E-state index contributed by atoms with van der Waals surface area (Å²) in [5.74, 6) is 0.591. The molecule has 156 valence electrons. The van der Waals surface area contributed by atoms with E-state index in [4.69, 9.17) is 0 Å². The first kappa shape index (κ1) is 22.0. The third-order valence-electron chi connectivity index (χ3n) is 8.34. The Kier molecular flexibility index (Phi) is 5.23. The topological polar surface area (TPSA) is 0 Å². The molecule has 0 saturated carbocycles. The summed E-state index contributed by atoms with van der Waals surface area (Å²) in [6, 6.07) is 16.0. The van der Waals surface area contributed by atoms with Gasteiger partial charge in [0.1, 0.15) is 0 Å². The second kappa shape index (κ2) is 7.14. The average Bonchev–Trinajstić information content (AvgIpc) is 3.17. The molecule has 0 fully saturated rings. The molecule has 2 aromatic rings. The fourth-order valence-corrected chi connectivity index (χ4v) is 24.8. The van der Waals surface area contributed by atoms with E-state index in [0.29, 0.717) is 9.54 Å². The summed E-state index contributed by atoms with van der Waals surface area (Å²) >= 11 is -3.33. The van der Waals surface area contributed by atoms with Crippen molar-refractivity contribution in [2.45, 2.75) is 54.4 Å². The Morgan fingerprint density at radius 3 is 2.07 bits per heavy atom. The van der Waals surface area contributed by atoms with Gasteiger partial charge in [0, 0.05) is 0 Å². The molecule has 4 rings (SSSR count). The van der Waals surface area contributed by atoms with Crippen LogP contribution in [0.4, 0.5) is 0 Å². The molecule has 2 aliphatic rings. The van der Waals surface area contributed by atoms with Crippen LogP contribution >= 0.6 is 0 Å². The Bertz CT molecular complexity index is 1230. The number of hydrogen-bond acceptors (Lipinski definition) is 0. The van der Waals surface area contributed by atoms with Gasteiger partial charge in [0.15, 0.2) is 0 Å². The van der Waals surface area contributed by atoms with Crippen molar-refractivity contribution in [3.63, 3.8) is 0 Å². The monoisotopic (exact) mass is 490 g/mol. The Morgan fingerprint density at radius 2 is 1.43 bits per heavy atom. The Hall–Kier alpha value is -1.24. The zero-order valence-electron chi connectivity index (χ0n) is 20.0. The summed E-state index contributed by atoms with van der Waals surface area (Å²) in [5.41, 5.74) is 13.4. The van der Waals surface area contributed by atoms with Gasteiger partial charge in [-0.25, -0.2) is 0 Å². The standard InChI is InChI=1S/C17H15.C9H13.2CH3.H2Si.Zr/c1-12-6-5-9-15(13(12)2)17-11-10-14-7-3-4-8-16(14)17;1-6-5-7(2)9(4)8(6)3;;;;/h3-11H,1-2H3;6H,1-4H3;2*1H3;1H2;. The van der Waals surface area contributed by atoms with Crippen LogP contribution in [0.5, 0.6) is 0 Å². The fraction of sp³-hybridized carbons (Fsp3) is 0.357. The normalized spacial score (nSPS) is 22.0. The molecule has 2 aromatic carbocycles. The molecule has 0 amide bonds. The Labute approximate surface area is 185 Å². The molecule has 2 unspecified atom stereocenters. The summed E-state index contributed by atoms with van der Waals surface area (Å²) < 4.78 is 7.78. The van der Waals surface area contributed by atoms with E-state index in [2.05, 4.69) is 106 Å². The van der Waals surface area contributed by atoms with Crippen molar-refractivity contribution in [2.75, 3.05) is 0 Å². The van der Waals surface area contributed by atoms with Crippen LogP contribution in [0.3, 0.4) is 0 Å². The zero-order chi connectivity index (χ0) is 22.0. The van der Waals surface area contributed by atoms with Gasteiger partial charge in [-0.15, -0.1) is 0 Å². The minimum absolute atomic E-state index is 0.557. The Morgan fingerprint density at radius 1 is 0.800 bits per heavy atom. The number of benzene rings is 2. The van der Waals surface area contributed by atoms with E-state index < -0.39 is 17.4 Å². The van der Waals surface area contributed by atoms with E-state index in [1.165, 1.54) is 27.8 Å². The number of hydrogen-bond donors (Lipinski definition) is 0. The summed E-state index contributed by atoms with van der Waals surface area (Å²) in [7, 11) is 0. The number of rotatable bonds is 3. The third kappa shape index (κ3) is 3.09. The zero-order valence-corrected chi connectivity index (χ0v) is 23.9. The number of fused-ring (bicyclic) bond motifs is 1. The van der Waals surface area contributed by atoms with E-state index in [1.807, 2.05) is 3.28 Å². The fourth-order valence-electron chi connectivity index (χ4n) is 6.26. The molecule has 0 aliphatic heterocycles. The molecule has 0 heterocycles. The van der Waals surface area contributed by atoms with Gasteiger partial charge < -0.3 is 0 Å². The van der Waals surface area contributed by atoms with Crippen LogP contribution in [0.25, 0.3) is 5.57 Å². The van der Waals surface area contributed by atoms with Gasteiger partial charge in [0.2, 0.25) is 0 Å². The van der Waals surface area contributed by atoms with E-state index in [0.717, 1.165) is 0 Å². The van der Waals surface area contributed by atoms with Crippen LogP contribution in [0.1, 0.15) is 59.1 Å². The molecule has 2 heteroatoms. The molecule has 0 spiro atoms. The quantitative estimate of drug-likeness (QED) is 0.393. The van der Waals surface area contributed by atoms with Crippen LogP contribution in [0, 0.1) is 19.8 Å². The molecular weight excluding hydrogens is 456 g/mol. The van der Waals surface area contributed by atoms with Crippen LogP contribution in [0.2, 0.25) is 9.26 Å². The van der Waals surface area contributed by atoms with Crippen LogP contribution in [-0.4, -0.2) is 6.88 Å². The van der Waals surface area contributed by atoms with E-state index in [1.54, 1.807) is 22.3 Å². The molecule has 0 radical (unpaired) electrons. The van der Waals surface area contributed by atoms with Crippen molar-refractivity contribution in [2.24, 2.45) is 5.92 Å². The van der Waals surface area contributed by atoms with E-state index >= 15 is 0 Å². The van der Waals surface area contributed by atoms with Gasteiger partial charge in [0.25, 0.3) is 0 Å². The Balaban J connectivity index is 1.97. The summed E-state index contributed by atoms with van der Waals surface area (Å²) in [5, 5.41) is 0. The molecule has 0 bridgehead atoms. The summed E-state index contributed by atoms with van der Waals surface area (Å²) in [6.45, 7) is 16.5. The number of allylic oxidation sites excluding steroid dienone is 5. The molecule has 0 nitrogen and oxygen atoms in total. The van der Waals surface area contributed by atoms with Gasteiger partial charge in [0.05, 0.1) is 0 Å². The second-order valence-corrected chi connectivity index (χ2v) is 40.3. The molecule has 30 heavy (non-hydrogen) atoms. The third-order valence-corrected chi connectivity index (χ3v) is 25.6. The molecular formula is C28H36SiZr. The first-order valence-electron chi connectivity index (χ1n) is 11.3. The summed E-state index contributed by atoms with van der Waals surface area (Å²) in [6.07, 6.45) is 2.67. The van der Waals surface area contributed by atoms with Crippen molar-refractivity contribution in [1.82, 2.24) is 0 Å². The predicted molar refractivity (Wildman–Crippen MR) is 133 cm³/mol. The van der Waals surface area contributed by atoms with Gasteiger partial charge >= 0.3 is 187 Å². The summed E-state index contributed by atoms with van der Waals surface area (Å²) in [4.78, 5) is 0. The van der Waals surface area contributed by atoms with Crippen LogP contribution < -0.4 is 0 Å². The molecule has 2 atom stereocenters. The van der Waals surface area contributed by atoms with E-state index in [9.17, 15) is 0 Å². The van der Waals surface area contributed by atoms with Crippen molar-refractivity contribution in [3.05, 3.63) is 96.4 Å². The van der Waals surface area contributed by atoms with Crippen molar-refractivity contribution >= 4 is 12.5 Å². The molecule has 0 saturated heterocycles. The van der Waals surface area contributed by atoms with Crippen LogP contribution in [0.15, 0.2) is 68.5 Å². The number of aryl methyl sites for hydroxylation is 1. The molecule has 0 aromatic heterocycles. The van der Waals surface area contributed by atoms with Gasteiger partial charge in [-0.2, -0.15) is 0 Å². The molecule has 0 N–H and O–H groups in total. The predicted octanol–water partition coefficient (Wildman–Crippen LogP) is 7.38.